The molecule has 4 nitrogen and oxygen atoms in total. The van der Waals surface area contributed by atoms with E-state index in [9.17, 15) is 4.79 Å². The largest absolute Gasteiger partial charge is 0.300 e. The summed E-state index contributed by atoms with van der Waals surface area (Å²) < 4.78 is 3.58. The van der Waals surface area contributed by atoms with Crippen LogP contribution >= 0.6 is 0 Å². The van der Waals surface area contributed by atoms with Crippen molar-refractivity contribution < 1.29 is 0 Å². The quantitative estimate of drug-likeness (QED) is 0.460. The van der Waals surface area contributed by atoms with Gasteiger partial charge >= 0.3 is 0 Å². The van der Waals surface area contributed by atoms with Crippen LogP contribution in [0.4, 0.5) is 0 Å². The summed E-state index contributed by atoms with van der Waals surface area (Å²) >= 11 is 0. The number of hydrogen-bond donors (Lipinski definition) is 0. The smallest absolute Gasteiger partial charge is 0.268 e. The van der Waals surface area contributed by atoms with E-state index >= 15 is 0 Å². The molecular weight excluding hydrogens is 346 g/mol. The van der Waals surface area contributed by atoms with Gasteiger partial charge in [0.15, 0.2) is 5.65 Å². The zero-order valence-corrected chi connectivity index (χ0v) is 15.1. The lowest BCUT2D eigenvalue weighted by atomic mass is 10.1. The number of fused-ring (bicyclic) bond motifs is 1. The van der Waals surface area contributed by atoms with Crippen LogP contribution in [-0.2, 0) is 0 Å². The predicted molar refractivity (Wildman–Crippen MR) is 112 cm³/mol. The van der Waals surface area contributed by atoms with E-state index in [1.54, 1.807) is 10.9 Å². The fraction of sp³-hybridized carbons (Fsp3) is 0. The molecule has 4 heteroatoms. The second-order valence-electron chi connectivity index (χ2n) is 6.57. The standard InChI is InChI=1S/C24H17N3O/c28-24-22-21(18-10-4-1-5-11-18)16-26(19-12-6-2-7-13-19)23(22)25-17-27(24)20-14-8-3-9-15-20/h1-17H. The van der Waals surface area contributed by atoms with Crippen molar-refractivity contribution in [2.45, 2.75) is 0 Å². The van der Waals surface area contributed by atoms with Gasteiger partial charge in [-0.1, -0.05) is 66.7 Å². The molecule has 2 heterocycles. The number of hydrogen-bond acceptors (Lipinski definition) is 2. The van der Waals surface area contributed by atoms with Crippen LogP contribution in [0.3, 0.4) is 0 Å². The third kappa shape index (κ3) is 2.63. The lowest BCUT2D eigenvalue weighted by Crippen LogP contribution is -2.19. The topological polar surface area (TPSA) is 39.8 Å². The van der Waals surface area contributed by atoms with Crippen molar-refractivity contribution >= 4 is 11.0 Å². The summed E-state index contributed by atoms with van der Waals surface area (Å²) in [7, 11) is 0. The number of aromatic nitrogens is 3. The summed E-state index contributed by atoms with van der Waals surface area (Å²) in [6, 6.07) is 29.5. The van der Waals surface area contributed by atoms with E-state index in [0.717, 1.165) is 22.5 Å². The third-order valence-corrected chi connectivity index (χ3v) is 4.86. The van der Waals surface area contributed by atoms with Gasteiger partial charge in [-0.3, -0.25) is 9.36 Å². The van der Waals surface area contributed by atoms with Gasteiger partial charge in [-0.25, -0.2) is 4.98 Å². The number of benzene rings is 3. The molecule has 0 saturated carbocycles. The second kappa shape index (κ2) is 6.67. The van der Waals surface area contributed by atoms with Gasteiger partial charge in [-0.05, 0) is 29.8 Å². The average Bonchev–Trinajstić information content (AvgIpc) is 3.16. The van der Waals surface area contributed by atoms with Crippen LogP contribution in [0.2, 0.25) is 0 Å². The molecule has 0 aliphatic carbocycles. The van der Waals surface area contributed by atoms with E-state index in [4.69, 9.17) is 0 Å². The molecule has 0 saturated heterocycles. The fourth-order valence-electron chi connectivity index (χ4n) is 3.51. The van der Waals surface area contributed by atoms with Gasteiger partial charge in [0.1, 0.15) is 6.33 Å². The van der Waals surface area contributed by atoms with E-state index in [0.29, 0.717) is 11.0 Å². The lowest BCUT2D eigenvalue weighted by molar-refractivity contribution is 0.950. The van der Waals surface area contributed by atoms with Gasteiger partial charge in [-0.2, -0.15) is 0 Å². The van der Waals surface area contributed by atoms with Crippen molar-refractivity contribution in [1.29, 1.82) is 0 Å². The molecule has 0 fully saturated rings. The molecule has 0 aliphatic rings. The molecule has 0 bridgehead atoms. The van der Waals surface area contributed by atoms with Crippen molar-refractivity contribution in [3.05, 3.63) is 114 Å². The first-order valence-electron chi connectivity index (χ1n) is 9.12. The predicted octanol–water partition coefficient (Wildman–Crippen LogP) is 4.84. The SMILES string of the molecule is O=c1c2c(-c3ccccc3)cn(-c3ccccc3)c2ncn1-c1ccccc1. The van der Waals surface area contributed by atoms with Gasteiger partial charge in [0, 0.05) is 17.4 Å². The molecule has 3 aromatic carbocycles. The van der Waals surface area contributed by atoms with Crippen LogP contribution in [0, 0.1) is 0 Å². The van der Waals surface area contributed by atoms with Crippen molar-refractivity contribution in [1.82, 2.24) is 14.1 Å². The molecule has 0 spiro atoms. The molecule has 28 heavy (non-hydrogen) atoms. The highest BCUT2D eigenvalue weighted by atomic mass is 16.1. The molecule has 0 unspecified atom stereocenters. The first-order chi connectivity index (χ1) is 13.8. The van der Waals surface area contributed by atoms with Crippen LogP contribution in [0.5, 0.6) is 0 Å². The Morgan fingerprint density at radius 3 is 1.79 bits per heavy atom. The van der Waals surface area contributed by atoms with Gasteiger partial charge in [0.2, 0.25) is 0 Å². The third-order valence-electron chi connectivity index (χ3n) is 4.86. The molecule has 0 atom stereocenters. The van der Waals surface area contributed by atoms with Crippen molar-refractivity contribution in [3.63, 3.8) is 0 Å². The van der Waals surface area contributed by atoms with Gasteiger partial charge in [0.05, 0.1) is 11.1 Å². The van der Waals surface area contributed by atoms with Crippen LogP contribution in [0.15, 0.2) is 108 Å². The maximum atomic E-state index is 13.5. The zero-order chi connectivity index (χ0) is 18.9. The minimum absolute atomic E-state index is 0.0789. The Morgan fingerprint density at radius 2 is 1.18 bits per heavy atom. The first-order valence-corrected chi connectivity index (χ1v) is 9.12. The Balaban J connectivity index is 1.86. The van der Waals surface area contributed by atoms with Gasteiger partial charge in [-0.15, -0.1) is 0 Å². The van der Waals surface area contributed by atoms with Crippen molar-refractivity contribution in [2.75, 3.05) is 0 Å². The Bertz CT molecular complexity index is 1300. The van der Waals surface area contributed by atoms with Crippen LogP contribution in [-0.4, -0.2) is 14.1 Å². The molecule has 5 aromatic rings. The highest BCUT2D eigenvalue weighted by molar-refractivity contribution is 5.94. The van der Waals surface area contributed by atoms with E-state index in [-0.39, 0.29) is 5.56 Å². The molecule has 0 aliphatic heterocycles. The fourth-order valence-corrected chi connectivity index (χ4v) is 3.51. The molecular formula is C24H17N3O. The molecule has 0 radical (unpaired) electrons. The number of nitrogens with zero attached hydrogens (tertiary/aromatic N) is 3. The molecule has 134 valence electrons. The van der Waals surface area contributed by atoms with Crippen LogP contribution in [0.1, 0.15) is 0 Å². The highest BCUT2D eigenvalue weighted by Gasteiger charge is 2.17. The number of para-hydroxylation sites is 2. The molecule has 0 N–H and O–H groups in total. The summed E-state index contributed by atoms with van der Waals surface area (Å²) in [5.41, 5.74) is 4.22. The van der Waals surface area contributed by atoms with Crippen molar-refractivity contribution in [2.24, 2.45) is 0 Å². The Kier molecular flexibility index (Phi) is 3.87. The zero-order valence-electron chi connectivity index (χ0n) is 15.1. The molecule has 2 aromatic heterocycles. The Morgan fingerprint density at radius 1 is 0.643 bits per heavy atom. The summed E-state index contributed by atoms with van der Waals surface area (Å²) in [6.45, 7) is 0. The summed E-state index contributed by atoms with van der Waals surface area (Å²) in [5.74, 6) is 0. The molecule has 5 rings (SSSR count). The maximum absolute atomic E-state index is 13.5. The lowest BCUT2D eigenvalue weighted by Gasteiger charge is -2.07. The van der Waals surface area contributed by atoms with E-state index in [1.165, 1.54) is 0 Å². The summed E-state index contributed by atoms with van der Waals surface area (Å²) in [4.78, 5) is 18.1. The van der Waals surface area contributed by atoms with E-state index in [2.05, 4.69) is 4.98 Å². The van der Waals surface area contributed by atoms with Crippen molar-refractivity contribution in [3.8, 4) is 22.5 Å². The minimum atomic E-state index is -0.0789. The Hall–Kier alpha value is -3.92. The first kappa shape index (κ1) is 16.3. The second-order valence-corrected chi connectivity index (χ2v) is 6.57. The van der Waals surface area contributed by atoms with E-state index in [1.807, 2.05) is 102 Å². The monoisotopic (exact) mass is 363 g/mol. The normalized spacial score (nSPS) is 11.0. The minimum Gasteiger partial charge on any atom is -0.300 e. The van der Waals surface area contributed by atoms with Gasteiger partial charge in [0.25, 0.3) is 5.56 Å². The number of rotatable bonds is 3. The highest BCUT2D eigenvalue weighted by Crippen LogP contribution is 2.29. The van der Waals surface area contributed by atoms with E-state index < -0.39 is 0 Å². The van der Waals surface area contributed by atoms with Crippen LogP contribution < -0.4 is 5.56 Å². The average molecular weight is 363 g/mol. The summed E-state index contributed by atoms with van der Waals surface area (Å²) in [5, 5.41) is 0.612. The van der Waals surface area contributed by atoms with Crippen LogP contribution in [0.25, 0.3) is 33.5 Å². The van der Waals surface area contributed by atoms with Gasteiger partial charge < -0.3 is 4.57 Å². The maximum Gasteiger partial charge on any atom is 0.268 e. The summed E-state index contributed by atoms with van der Waals surface area (Å²) in [6.07, 6.45) is 3.60. The molecule has 0 amide bonds. The Labute approximate surface area is 162 Å².